The number of aromatic nitrogens is 1. The number of carbonyl (C=O) groups excluding carboxylic acids is 1. The number of aryl methyl sites for hydroxylation is 3. The Balaban J connectivity index is 2.62. The highest BCUT2D eigenvalue weighted by atomic mass is 16.2. The van der Waals surface area contributed by atoms with Crippen LogP contribution in [-0.4, -0.2) is 28.5 Å². The molecule has 0 atom stereocenters. The Morgan fingerprint density at radius 2 is 1.87 bits per heavy atom. The normalized spacial score (nSPS) is 10.7. The number of amides is 1. The predicted octanol–water partition coefficient (Wildman–Crippen LogP) is 4.35. The minimum Gasteiger partial charge on any atom is -0.337 e. The van der Waals surface area contributed by atoms with Crippen LogP contribution in [0.3, 0.4) is 0 Å². The molecule has 2 aromatic rings. The summed E-state index contributed by atoms with van der Waals surface area (Å²) in [4.78, 5) is 14.8. The fourth-order valence-electron chi connectivity index (χ4n) is 3.10. The molecule has 0 fully saturated rings. The number of rotatable bonds is 7. The van der Waals surface area contributed by atoms with E-state index in [2.05, 4.69) is 49.8 Å². The van der Waals surface area contributed by atoms with Gasteiger partial charge in [-0.1, -0.05) is 25.1 Å². The number of carbonyl (C=O) groups is 1. The SMILES string of the molecule is C=CCN(CC=C)C(=O)c1c(C)c2cc(CC)ccc2n1CC. The first kappa shape index (κ1) is 17.1. The van der Waals surface area contributed by atoms with Crippen LogP contribution < -0.4 is 0 Å². The molecule has 1 aromatic carbocycles. The minimum atomic E-state index is 0.0402. The first-order chi connectivity index (χ1) is 11.1. The van der Waals surface area contributed by atoms with Gasteiger partial charge in [-0.3, -0.25) is 4.79 Å². The van der Waals surface area contributed by atoms with Crippen LogP contribution in [0.2, 0.25) is 0 Å². The Morgan fingerprint density at radius 1 is 1.22 bits per heavy atom. The topological polar surface area (TPSA) is 25.2 Å². The van der Waals surface area contributed by atoms with Crippen molar-refractivity contribution >= 4 is 16.8 Å². The van der Waals surface area contributed by atoms with Crippen LogP contribution in [0.25, 0.3) is 10.9 Å². The average Bonchev–Trinajstić information content (AvgIpc) is 2.85. The summed E-state index contributed by atoms with van der Waals surface area (Å²) in [6.07, 6.45) is 4.50. The minimum absolute atomic E-state index is 0.0402. The first-order valence-electron chi connectivity index (χ1n) is 8.21. The van der Waals surface area contributed by atoms with Crippen molar-refractivity contribution in [2.24, 2.45) is 0 Å². The van der Waals surface area contributed by atoms with Gasteiger partial charge >= 0.3 is 0 Å². The van der Waals surface area contributed by atoms with Crippen molar-refractivity contribution in [2.45, 2.75) is 33.7 Å². The first-order valence-corrected chi connectivity index (χ1v) is 8.21. The lowest BCUT2D eigenvalue weighted by molar-refractivity contribution is 0.0780. The largest absolute Gasteiger partial charge is 0.337 e. The van der Waals surface area contributed by atoms with Gasteiger partial charge in [0.25, 0.3) is 5.91 Å². The maximum absolute atomic E-state index is 13.1. The average molecular weight is 310 g/mol. The van der Waals surface area contributed by atoms with Crippen molar-refractivity contribution in [2.75, 3.05) is 13.1 Å². The number of benzene rings is 1. The van der Waals surface area contributed by atoms with E-state index in [1.807, 2.05) is 6.92 Å². The summed E-state index contributed by atoms with van der Waals surface area (Å²) in [5.41, 5.74) is 4.25. The van der Waals surface area contributed by atoms with Gasteiger partial charge in [-0.25, -0.2) is 0 Å². The third-order valence-electron chi connectivity index (χ3n) is 4.29. The fourth-order valence-corrected chi connectivity index (χ4v) is 3.10. The molecule has 3 heteroatoms. The number of hydrogen-bond acceptors (Lipinski definition) is 1. The fraction of sp³-hybridized carbons (Fsp3) is 0.350. The lowest BCUT2D eigenvalue weighted by Crippen LogP contribution is -2.33. The van der Waals surface area contributed by atoms with Gasteiger partial charge in [0.1, 0.15) is 5.69 Å². The van der Waals surface area contributed by atoms with E-state index in [0.717, 1.165) is 29.7 Å². The van der Waals surface area contributed by atoms with Crippen LogP contribution >= 0.6 is 0 Å². The smallest absolute Gasteiger partial charge is 0.271 e. The molecular formula is C20H26N2O. The molecule has 122 valence electrons. The molecule has 0 radical (unpaired) electrons. The molecule has 0 aliphatic rings. The van der Waals surface area contributed by atoms with Crippen LogP contribution in [-0.2, 0) is 13.0 Å². The lowest BCUT2D eigenvalue weighted by Gasteiger charge is -2.21. The zero-order chi connectivity index (χ0) is 17.0. The second kappa shape index (κ2) is 7.32. The van der Waals surface area contributed by atoms with Crippen molar-refractivity contribution in [1.82, 2.24) is 9.47 Å². The summed E-state index contributed by atoms with van der Waals surface area (Å²) < 4.78 is 2.12. The van der Waals surface area contributed by atoms with Gasteiger partial charge in [-0.2, -0.15) is 0 Å². The molecule has 0 N–H and O–H groups in total. The summed E-state index contributed by atoms with van der Waals surface area (Å²) >= 11 is 0. The zero-order valence-corrected chi connectivity index (χ0v) is 14.4. The summed E-state index contributed by atoms with van der Waals surface area (Å²) in [6.45, 7) is 15.6. The Morgan fingerprint density at radius 3 is 2.39 bits per heavy atom. The number of hydrogen-bond donors (Lipinski definition) is 0. The Bertz CT molecular complexity index is 730. The van der Waals surface area contributed by atoms with Gasteiger partial charge in [0, 0.05) is 30.5 Å². The molecular weight excluding hydrogens is 284 g/mol. The van der Waals surface area contributed by atoms with E-state index in [-0.39, 0.29) is 5.91 Å². The van der Waals surface area contributed by atoms with Gasteiger partial charge in [0.05, 0.1) is 0 Å². The molecule has 0 aliphatic carbocycles. The molecule has 0 saturated carbocycles. The van der Waals surface area contributed by atoms with Gasteiger partial charge in [0.15, 0.2) is 0 Å². The number of nitrogens with zero attached hydrogens (tertiary/aromatic N) is 2. The van der Waals surface area contributed by atoms with Crippen molar-refractivity contribution in [3.8, 4) is 0 Å². The van der Waals surface area contributed by atoms with Crippen molar-refractivity contribution < 1.29 is 4.79 Å². The van der Waals surface area contributed by atoms with Crippen molar-refractivity contribution in [1.29, 1.82) is 0 Å². The zero-order valence-electron chi connectivity index (χ0n) is 14.4. The van der Waals surface area contributed by atoms with Gasteiger partial charge in [-0.05, 0) is 43.5 Å². The van der Waals surface area contributed by atoms with E-state index >= 15 is 0 Å². The Hall–Kier alpha value is -2.29. The van der Waals surface area contributed by atoms with Crippen LogP contribution in [0.15, 0.2) is 43.5 Å². The summed E-state index contributed by atoms with van der Waals surface area (Å²) in [7, 11) is 0. The quantitative estimate of drug-likeness (QED) is 0.698. The van der Waals surface area contributed by atoms with Crippen molar-refractivity contribution in [3.63, 3.8) is 0 Å². The Kier molecular flexibility index (Phi) is 5.43. The third kappa shape index (κ3) is 3.09. The molecule has 3 nitrogen and oxygen atoms in total. The highest BCUT2D eigenvalue weighted by molar-refractivity contribution is 6.02. The molecule has 23 heavy (non-hydrogen) atoms. The van der Waals surface area contributed by atoms with E-state index < -0.39 is 0 Å². The van der Waals surface area contributed by atoms with Crippen LogP contribution in [0.5, 0.6) is 0 Å². The molecule has 0 spiro atoms. The van der Waals surface area contributed by atoms with Gasteiger partial charge in [-0.15, -0.1) is 13.2 Å². The molecule has 2 rings (SSSR count). The van der Waals surface area contributed by atoms with E-state index in [9.17, 15) is 4.79 Å². The van der Waals surface area contributed by atoms with Crippen molar-refractivity contribution in [3.05, 3.63) is 60.3 Å². The maximum Gasteiger partial charge on any atom is 0.271 e. The third-order valence-corrected chi connectivity index (χ3v) is 4.29. The van der Waals surface area contributed by atoms with E-state index in [0.29, 0.717) is 13.1 Å². The van der Waals surface area contributed by atoms with Crippen LogP contribution in [0, 0.1) is 6.92 Å². The second-order valence-electron chi connectivity index (χ2n) is 5.71. The Labute approximate surface area is 138 Å². The highest BCUT2D eigenvalue weighted by Crippen LogP contribution is 2.28. The predicted molar refractivity (Wildman–Crippen MR) is 98.0 cm³/mol. The summed E-state index contributed by atoms with van der Waals surface area (Å²) in [5, 5.41) is 1.17. The van der Waals surface area contributed by atoms with Crippen LogP contribution in [0.4, 0.5) is 0 Å². The van der Waals surface area contributed by atoms with Gasteiger partial charge in [0.2, 0.25) is 0 Å². The monoisotopic (exact) mass is 310 g/mol. The molecule has 0 unspecified atom stereocenters. The summed E-state index contributed by atoms with van der Waals surface area (Å²) in [6, 6.07) is 6.49. The maximum atomic E-state index is 13.1. The van der Waals surface area contributed by atoms with Crippen LogP contribution in [0.1, 0.15) is 35.5 Å². The molecule has 1 amide bonds. The van der Waals surface area contributed by atoms with E-state index in [1.54, 1.807) is 17.1 Å². The van der Waals surface area contributed by atoms with Gasteiger partial charge < -0.3 is 9.47 Å². The molecule has 0 saturated heterocycles. The molecule has 1 aromatic heterocycles. The van der Waals surface area contributed by atoms with E-state index in [1.165, 1.54) is 10.9 Å². The second-order valence-corrected chi connectivity index (χ2v) is 5.71. The summed E-state index contributed by atoms with van der Waals surface area (Å²) in [5.74, 6) is 0.0402. The lowest BCUT2D eigenvalue weighted by atomic mass is 10.1. The molecule has 0 bridgehead atoms. The molecule has 0 aliphatic heterocycles. The standard InChI is InChI=1S/C20H26N2O/c1-6-12-21(13-7-2)20(23)19-15(5)17-14-16(8-3)10-11-18(17)22(19)9-4/h6-7,10-11,14H,1-2,8-9,12-13H2,3-5H3. The highest BCUT2D eigenvalue weighted by Gasteiger charge is 2.23. The van der Waals surface area contributed by atoms with E-state index in [4.69, 9.17) is 0 Å². The number of fused-ring (bicyclic) bond motifs is 1. The molecule has 1 heterocycles.